The molecule has 0 atom stereocenters. The molecular weight excluding hydrogens is 333 g/mol. The van der Waals surface area contributed by atoms with Gasteiger partial charge in [-0.3, -0.25) is 4.79 Å². The normalized spacial score (nSPS) is 9.72. The topological polar surface area (TPSA) is 150 Å². The number of amides is 1. The van der Waals surface area contributed by atoms with Crippen molar-refractivity contribution >= 4 is 11.9 Å². The molecule has 0 saturated heterocycles. The number of nitrogens with zero attached hydrogens (tertiary/aromatic N) is 1. The first-order chi connectivity index (χ1) is 11.9. The van der Waals surface area contributed by atoms with Crippen molar-refractivity contribution in [3.05, 3.63) is 48.0 Å². The van der Waals surface area contributed by atoms with Gasteiger partial charge in [-0.15, -0.1) is 0 Å². The molecule has 25 heavy (non-hydrogen) atoms. The molecule has 8 nitrogen and oxygen atoms in total. The second-order valence-corrected chi connectivity index (χ2v) is 4.73. The van der Waals surface area contributed by atoms with E-state index < -0.39 is 30.0 Å². The molecule has 0 spiro atoms. The number of rotatable bonds is 5. The van der Waals surface area contributed by atoms with Crippen LogP contribution < -0.4 is 16.2 Å². The van der Waals surface area contributed by atoms with E-state index in [-0.39, 0.29) is 12.3 Å². The summed E-state index contributed by atoms with van der Waals surface area (Å²) >= 11 is 0. The van der Waals surface area contributed by atoms with Crippen LogP contribution in [0.1, 0.15) is 10.5 Å². The molecular formula is C16H18FN3O5. The van der Waals surface area contributed by atoms with Gasteiger partial charge in [-0.25, -0.2) is 9.37 Å². The highest BCUT2D eigenvalue weighted by Gasteiger charge is 2.14. The first-order valence-corrected chi connectivity index (χ1v) is 7.22. The molecule has 6 N–H and O–H groups in total. The van der Waals surface area contributed by atoms with Crippen LogP contribution in [0.2, 0.25) is 0 Å². The Morgan fingerprint density at radius 3 is 2.48 bits per heavy atom. The van der Waals surface area contributed by atoms with Crippen LogP contribution in [0.25, 0.3) is 11.1 Å². The average Bonchev–Trinajstić information content (AvgIpc) is 2.59. The van der Waals surface area contributed by atoms with Crippen molar-refractivity contribution in [3.8, 4) is 16.9 Å². The maximum Gasteiger partial charge on any atom is 0.274 e. The third kappa shape index (κ3) is 6.53. The number of quaternary nitrogens is 1. The van der Waals surface area contributed by atoms with E-state index in [1.807, 2.05) is 5.32 Å². The van der Waals surface area contributed by atoms with E-state index in [0.29, 0.717) is 17.7 Å². The predicted octanol–water partition coefficient (Wildman–Crippen LogP) is -1.71. The van der Waals surface area contributed by atoms with Crippen LogP contribution in [0.15, 0.2) is 36.5 Å². The quantitative estimate of drug-likeness (QED) is 0.504. The number of carbonyl (C=O) groups excluding carboxylic acids is 2. The van der Waals surface area contributed by atoms with Crippen LogP contribution in [0.5, 0.6) is 5.75 Å². The lowest BCUT2D eigenvalue weighted by molar-refractivity contribution is -0.372. The van der Waals surface area contributed by atoms with Gasteiger partial charge >= 0.3 is 0 Å². The summed E-state index contributed by atoms with van der Waals surface area (Å²) in [5, 5.41) is 29.9. The molecule has 0 radical (unpaired) electrons. The number of pyridine rings is 1. The number of aliphatic hydroxyl groups is 1. The van der Waals surface area contributed by atoms with Gasteiger partial charge < -0.3 is 31.2 Å². The molecule has 2 aromatic rings. The molecule has 0 aliphatic rings. The Kier molecular flexibility index (Phi) is 7.97. The molecule has 1 amide bonds. The number of aromatic hydroxyl groups is 1. The Morgan fingerprint density at radius 1 is 1.28 bits per heavy atom. The Labute approximate surface area is 142 Å². The minimum atomic E-state index is -1.46. The van der Waals surface area contributed by atoms with E-state index >= 15 is 0 Å². The first-order valence-electron chi connectivity index (χ1n) is 7.22. The Morgan fingerprint density at radius 2 is 1.96 bits per heavy atom. The van der Waals surface area contributed by atoms with Gasteiger partial charge in [-0.2, -0.15) is 0 Å². The van der Waals surface area contributed by atoms with Crippen molar-refractivity contribution in [2.45, 2.75) is 0 Å². The summed E-state index contributed by atoms with van der Waals surface area (Å²) in [6.45, 7) is 0.144. The summed E-state index contributed by atoms with van der Waals surface area (Å²) in [5.74, 6) is -3.18. The third-order valence-electron chi connectivity index (χ3n) is 2.79. The SMILES string of the molecule is O=C([O-])CNC(=O)c1ncc(-c2cccc(F)c2)cc1O.[NH3+]CCO. The Balaban J connectivity index is 0.000000705. The van der Waals surface area contributed by atoms with E-state index in [1.165, 1.54) is 30.5 Å². The molecule has 0 bridgehead atoms. The molecule has 134 valence electrons. The summed E-state index contributed by atoms with van der Waals surface area (Å²) in [5.41, 5.74) is 3.94. The van der Waals surface area contributed by atoms with E-state index in [2.05, 4.69) is 10.7 Å². The lowest BCUT2D eigenvalue weighted by Gasteiger charge is -2.08. The van der Waals surface area contributed by atoms with Gasteiger partial charge in [-0.1, -0.05) is 12.1 Å². The van der Waals surface area contributed by atoms with Crippen LogP contribution in [-0.2, 0) is 4.79 Å². The zero-order valence-corrected chi connectivity index (χ0v) is 13.2. The zero-order chi connectivity index (χ0) is 18.8. The van der Waals surface area contributed by atoms with Crippen molar-refractivity contribution < 1.29 is 35.0 Å². The monoisotopic (exact) mass is 351 g/mol. The molecule has 1 heterocycles. The maximum absolute atomic E-state index is 13.1. The second kappa shape index (κ2) is 9.96. The molecule has 2 rings (SSSR count). The summed E-state index contributed by atoms with van der Waals surface area (Å²) in [7, 11) is 0. The van der Waals surface area contributed by atoms with Gasteiger partial charge in [0.1, 0.15) is 11.6 Å². The van der Waals surface area contributed by atoms with Gasteiger partial charge in [0.15, 0.2) is 5.69 Å². The number of aliphatic hydroxyl groups excluding tert-OH is 1. The molecule has 9 heteroatoms. The summed E-state index contributed by atoms with van der Waals surface area (Å²) in [4.78, 5) is 25.6. The summed E-state index contributed by atoms with van der Waals surface area (Å²) < 4.78 is 13.1. The van der Waals surface area contributed by atoms with Crippen LogP contribution in [0.4, 0.5) is 4.39 Å². The molecule has 0 aliphatic heterocycles. The highest BCUT2D eigenvalue weighted by Crippen LogP contribution is 2.25. The van der Waals surface area contributed by atoms with Crippen LogP contribution in [-0.4, -0.2) is 46.8 Å². The van der Waals surface area contributed by atoms with Gasteiger partial charge in [0.05, 0.1) is 25.7 Å². The minimum Gasteiger partial charge on any atom is -0.548 e. The van der Waals surface area contributed by atoms with E-state index in [9.17, 15) is 24.2 Å². The zero-order valence-electron chi connectivity index (χ0n) is 13.2. The number of nitrogens with one attached hydrogen (secondary N) is 1. The summed E-state index contributed by atoms with van der Waals surface area (Å²) in [6, 6.07) is 6.90. The molecule has 1 aromatic carbocycles. The number of hydrogen-bond donors (Lipinski definition) is 4. The van der Waals surface area contributed by atoms with Crippen LogP contribution >= 0.6 is 0 Å². The van der Waals surface area contributed by atoms with Crippen molar-refractivity contribution in [1.82, 2.24) is 10.3 Å². The van der Waals surface area contributed by atoms with Gasteiger partial charge in [0.2, 0.25) is 0 Å². The number of carbonyl (C=O) groups is 2. The fraction of sp³-hybridized carbons (Fsp3) is 0.188. The molecule has 0 aliphatic carbocycles. The number of benzene rings is 1. The van der Waals surface area contributed by atoms with Crippen molar-refractivity contribution in [1.29, 1.82) is 0 Å². The number of aliphatic carboxylic acids is 1. The average molecular weight is 351 g/mol. The molecule has 0 fully saturated rings. The van der Waals surface area contributed by atoms with E-state index in [0.717, 1.165) is 0 Å². The van der Waals surface area contributed by atoms with Crippen LogP contribution in [0.3, 0.4) is 0 Å². The fourth-order valence-electron chi connectivity index (χ4n) is 1.69. The largest absolute Gasteiger partial charge is 0.548 e. The lowest BCUT2D eigenvalue weighted by Crippen LogP contribution is -2.51. The van der Waals surface area contributed by atoms with Crippen LogP contribution in [0, 0.1) is 5.82 Å². The molecule has 1 aromatic heterocycles. The van der Waals surface area contributed by atoms with Gasteiger partial charge in [0.25, 0.3) is 5.91 Å². The predicted molar refractivity (Wildman–Crippen MR) is 83.5 cm³/mol. The fourth-order valence-corrected chi connectivity index (χ4v) is 1.69. The third-order valence-corrected chi connectivity index (χ3v) is 2.79. The van der Waals surface area contributed by atoms with E-state index in [4.69, 9.17) is 5.11 Å². The van der Waals surface area contributed by atoms with Gasteiger partial charge in [-0.05, 0) is 23.8 Å². The van der Waals surface area contributed by atoms with E-state index in [1.54, 1.807) is 6.07 Å². The number of carboxylic acids is 1. The highest BCUT2D eigenvalue weighted by atomic mass is 19.1. The maximum atomic E-state index is 13.1. The minimum absolute atomic E-state index is 0.208. The lowest BCUT2D eigenvalue weighted by atomic mass is 10.1. The number of carboxylic acid groups (broad SMARTS) is 1. The summed E-state index contributed by atoms with van der Waals surface area (Å²) in [6.07, 6.45) is 1.28. The standard InChI is InChI=1S/C14H11FN2O4.C2H7NO/c15-10-3-1-2-8(4-10)9-5-11(18)13(16-6-9)14(21)17-7-12(19)20;3-1-2-4/h1-6,18H,7H2,(H,17,21)(H,19,20);4H,1-3H2. The number of hydrogen-bond acceptors (Lipinski definition) is 6. The Bertz CT molecular complexity index is 737. The highest BCUT2D eigenvalue weighted by molar-refractivity contribution is 5.96. The smallest absolute Gasteiger partial charge is 0.274 e. The van der Waals surface area contributed by atoms with Gasteiger partial charge in [0, 0.05) is 11.8 Å². The van der Waals surface area contributed by atoms with Crippen molar-refractivity contribution in [3.63, 3.8) is 0 Å². The number of aromatic nitrogens is 1. The molecule has 0 saturated carbocycles. The second-order valence-electron chi connectivity index (χ2n) is 4.73. The number of halogens is 1. The molecule has 0 unspecified atom stereocenters. The van der Waals surface area contributed by atoms with Crippen molar-refractivity contribution in [2.75, 3.05) is 19.7 Å². The Hall–Kier alpha value is -3.04. The first kappa shape index (κ1) is 20.0. The van der Waals surface area contributed by atoms with Crippen molar-refractivity contribution in [2.24, 2.45) is 0 Å².